The Morgan fingerprint density at radius 3 is 2.74 bits per heavy atom. The van der Waals surface area contributed by atoms with Crippen LogP contribution in [0.3, 0.4) is 0 Å². The molecule has 1 fully saturated rings. The van der Waals surface area contributed by atoms with Crippen molar-refractivity contribution in [2.24, 2.45) is 5.92 Å². The zero-order valence-corrected chi connectivity index (χ0v) is 10.1. The summed E-state index contributed by atoms with van der Waals surface area (Å²) in [5, 5.41) is 29.1. The van der Waals surface area contributed by atoms with Gasteiger partial charge in [0.15, 0.2) is 11.5 Å². The van der Waals surface area contributed by atoms with Gasteiger partial charge >= 0.3 is 0 Å². The predicted octanol–water partition coefficient (Wildman–Crippen LogP) is -1.32. The van der Waals surface area contributed by atoms with Crippen molar-refractivity contribution in [2.75, 3.05) is 12.3 Å². The summed E-state index contributed by atoms with van der Waals surface area (Å²) in [7, 11) is 0. The SMILES string of the molecule is Nc1ncnc2c1ncn2[C@@H]1CC(CO)[C@@H](O)[C@H]1O. The monoisotopic (exact) mass is 265 g/mol. The fraction of sp³-hybridized carbons (Fsp3) is 0.545. The number of hydrogen-bond donors (Lipinski definition) is 4. The number of aliphatic hydroxyl groups is 3. The molecule has 4 atom stereocenters. The fourth-order valence-corrected chi connectivity index (χ4v) is 2.67. The molecule has 0 radical (unpaired) electrons. The van der Waals surface area contributed by atoms with Gasteiger partial charge in [0.05, 0.1) is 18.5 Å². The van der Waals surface area contributed by atoms with Crippen molar-refractivity contribution in [3.05, 3.63) is 12.7 Å². The normalized spacial score (nSPS) is 31.1. The average molecular weight is 265 g/mol. The maximum Gasteiger partial charge on any atom is 0.165 e. The first-order valence-electron chi connectivity index (χ1n) is 6.03. The summed E-state index contributed by atoms with van der Waals surface area (Å²) in [5.74, 6) is -0.0767. The van der Waals surface area contributed by atoms with Crippen molar-refractivity contribution in [3.8, 4) is 0 Å². The number of nitrogen functional groups attached to an aromatic ring is 1. The van der Waals surface area contributed by atoms with Crippen molar-refractivity contribution in [1.29, 1.82) is 0 Å². The van der Waals surface area contributed by atoms with Crippen LogP contribution in [0.1, 0.15) is 12.5 Å². The molecule has 19 heavy (non-hydrogen) atoms. The number of aliphatic hydroxyl groups excluding tert-OH is 3. The number of nitrogens with two attached hydrogens (primary N) is 1. The van der Waals surface area contributed by atoms with Crippen LogP contribution in [0.2, 0.25) is 0 Å². The molecule has 2 heterocycles. The van der Waals surface area contributed by atoms with Crippen molar-refractivity contribution < 1.29 is 15.3 Å². The smallest absolute Gasteiger partial charge is 0.165 e. The molecule has 1 saturated carbocycles. The molecule has 0 amide bonds. The molecule has 2 aromatic heterocycles. The van der Waals surface area contributed by atoms with Crippen LogP contribution in [-0.4, -0.2) is 53.7 Å². The number of rotatable bonds is 2. The first-order valence-corrected chi connectivity index (χ1v) is 6.03. The summed E-state index contributed by atoms with van der Waals surface area (Å²) in [6.45, 7) is -0.168. The van der Waals surface area contributed by atoms with Gasteiger partial charge in [-0.2, -0.15) is 0 Å². The van der Waals surface area contributed by atoms with Gasteiger partial charge in [-0.1, -0.05) is 0 Å². The molecule has 0 bridgehead atoms. The molecule has 0 aliphatic heterocycles. The summed E-state index contributed by atoms with van der Waals surface area (Å²) >= 11 is 0. The Balaban J connectivity index is 2.04. The minimum absolute atomic E-state index is 0.168. The van der Waals surface area contributed by atoms with E-state index in [-0.39, 0.29) is 24.4 Å². The topological polar surface area (TPSA) is 130 Å². The van der Waals surface area contributed by atoms with Crippen LogP contribution in [0, 0.1) is 5.92 Å². The Labute approximate surface area is 108 Å². The third-order valence-electron chi connectivity index (χ3n) is 3.75. The molecule has 8 nitrogen and oxygen atoms in total. The third kappa shape index (κ3) is 1.76. The van der Waals surface area contributed by atoms with Gasteiger partial charge in [0.2, 0.25) is 0 Å². The summed E-state index contributed by atoms with van der Waals surface area (Å²) in [6, 6.07) is -0.383. The van der Waals surface area contributed by atoms with Crippen molar-refractivity contribution >= 4 is 17.0 Å². The Bertz CT molecular complexity index is 601. The van der Waals surface area contributed by atoms with E-state index in [4.69, 9.17) is 5.73 Å². The number of hydrogen-bond acceptors (Lipinski definition) is 7. The summed E-state index contributed by atoms with van der Waals surface area (Å²) in [6.07, 6.45) is 1.39. The van der Waals surface area contributed by atoms with Crippen LogP contribution in [0.15, 0.2) is 12.7 Å². The molecule has 0 spiro atoms. The first-order chi connectivity index (χ1) is 9.13. The maximum atomic E-state index is 10.1. The Morgan fingerprint density at radius 1 is 1.26 bits per heavy atom. The van der Waals surface area contributed by atoms with Crippen molar-refractivity contribution in [2.45, 2.75) is 24.7 Å². The van der Waals surface area contributed by atoms with E-state index < -0.39 is 12.2 Å². The van der Waals surface area contributed by atoms with Gasteiger partial charge in [-0.15, -0.1) is 0 Å². The van der Waals surface area contributed by atoms with Crippen LogP contribution < -0.4 is 5.73 Å². The number of imidazole rings is 1. The van der Waals surface area contributed by atoms with Crippen molar-refractivity contribution in [3.63, 3.8) is 0 Å². The molecular weight excluding hydrogens is 250 g/mol. The lowest BCUT2D eigenvalue weighted by Gasteiger charge is -2.18. The lowest BCUT2D eigenvalue weighted by molar-refractivity contribution is -0.00370. The second-order valence-electron chi connectivity index (χ2n) is 4.81. The zero-order valence-electron chi connectivity index (χ0n) is 10.1. The van der Waals surface area contributed by atoms with Crippen molar-refractivity contribution in [1.82, 2.24) is 19.5 Å². The van der Waals surface area contributed by atoms with E-state index in [1.807, 2.05) is 0 Å². The van der Waals surface area contributed by atoms with E-state index >= 15 is 0 Å². The lowest BCUT2D eigenvalue weighted by atomic mass is 10.1. The third-order valence-corrected chi connectivity index (χ3v) is 3.75. The van der Waals surface area contributed by atoms with Crippen LogP contribution in [0.5, 0.6) is 0 Å². The standard InChI is InChI=1S/C11H15N5O3/c12-10-7-11(14-3-13-10)16(4-15-7)6-1-5(2-17)8(18)9(6)19/h3-6,8-9,17-19H,1-2H2,(H2,12,13,14)/t5?,6-,8-,9+/m1/s1. The molecule has 1 aliphatic rings. The molecule has 1 unspecified atom stereocenters. The second-order valence-corrected chi connectivity index (χ2v) is 4.81. The van der Waals surface area contributed by atoms with Gasteiger partial charge in [-0.05, 0) is 6.42 Å². The maximum absolute atomic E-state index is 10.1. The van der Waals surface area contributed by atoms with Gasteiger partial charge in [0.1, 0.15) is 17.9 Å². The molecule has 5 N–H and O–H groups in total. The highest BCUT2D eigenvalue weighted by atomic mass is 16.3. The molecule has 102 valence electrons. The van der Waals surface area contributed by atoms with E-state index in [9.17, 15) is 15.3 Å². The summed E-state index contributed by atoms with van der Waals surface area (Å²) in [5.41, 5.74) is 6.69. The molecule has 8 heteroatoms. The Morgan fingerprint density at radius 2 is 2.05 bits per heavy atom. The summed E-state index contributed by atoms with van der Waals surface area (Å²) in [4.78, 5) is 12.1. The number of aromatic nitrogens is 4. The fourth-order valence-electron chi connectivity index (χ4n) is 2.67. The molecular formula is C11H15N5O3. The van der Waals surface area contributed by atoms with Crippen LogP contribution in [0.25, 0.3) is 11.2 Å². The van der Waals surface area contributed by atoms with Gasteiger partial charge in [-0.25, -0.2) is 15.0 Å². The highest BCUT2D eigenvalue weighted by molar-refractivity contribution is 5.81. The van der Waals surface area contributed by atoms with E-state index in [1.165, 1.54) is 12.7 Å². The number of fused-ring (bicyclic) bond motifs is 1. The van der Waals surface area contributed by atoms with Gasteiger partial charge in [0, 0.05) is 12.5 Å². The number of anilines is 1. The highest BCUT2D eigenvalue weighted by Gasteiger charge is 2.42. The Kier molecular flexibility index (Phi) is 2.85. The zero-order chi connectivity index (χ0) is 13.6. The van der Waals surface area contributed by atoms with Gasteiger partial charge in [-0.3, -0.25) is 0 Å². The predicted molar refractivity (Wildman–Crippen MR) is 66.0 cm³/mol. The van der Waals surface area contributed by atoms with Crippen LogP contribution in [-0.2, 0) is 0 Å². The minimum Gasteiger partial charge on any atom is -0.396 e. The van der Waals surface area contributed by atoms with Gasteiger partial charge < -0.3 is 25.6 Å². The number of nitrogens with zero attached hydrogens (tertiary/aromatic N) is 4. The minimum atomic E-state index is -0.967. The second kappa shape index (κ2) is 4.41. The van der Waals surface area contributed by atoms with Gasteiger partial charge in [0.25, 0.3) is 0 Å². The highest BCUT2D eigenvalue weighted by Crippen LogP contribution is 2.36. The van der Waals surface area contributed by atoms with E-state index in [1.54, 1.807) is 4.57 Å². The van der Waals surface area contributed by atoms with E-state index in [0.29, 0.717) is 17.6 Å². The largest absolute Gasteiger partial charge is 0.396 e. The molecule has 3 rings (SSSR count). The molecule has 0 aromatic carbocycles. The summed E-state index contributed by atoms with van der Waals surface area (Å²) < 4.78 is 1.68. The molecule has 1 aliphatic carbocycles. The average Bonchev–Trinajstić information content (AvgIpc) is 2.94. The van der Waals surface area contributed by atoms with Crippen LogP contribution in [0.4, 0.5) is 5.82 Å². The lowest BCUT2D eigenvalue weighted by Crippen LogP contribution is -2.30. The van der Waals surface area contributed by atoms with Crippen LogP contribution >= 0.6 is 0 Å². The van der Waals surface area contributed by atoms with E-state index in [2.05, 4.69) is 15.0 Å². The quantitative estimate of drug-likeness (QED) is 0.530. The Hall–Kier alpha value is -1.77. The first kappa shape index (κ1) is 12.3. The molecule has 0 saturated heterocycles. The molecule has 2 aromatic rings. The van der Waals surface area contributed by atoms with E-state index in [0.717, 1.165) is 0 Å².